The van der Waals surface area contributed by atoms with E-state index in [2.05, 4.69) is 11.8 Å². The highest BCUT2D eigenvalue weighted by Gasteiger charge is 2.27. The smallest absolute Gasteiger partial charge is 0.255 e. The molecular weight excluding hydrogens is 243 g/mol. The van der Waals surface area contributed by atoms with Crippen LogP contribution in [0.5, 0.6) is 0 Å². The summed E-state index contributed by atoms with van der Waals surface area (Å²) in [6.07, 6.45) is 2.02. The predicted molar refractivity (Wildman–Crippen MR) is 72.1 cm³/mol. The van der Waals surface area contributed by atoms with Crippen molar-refractivity contribution in [2.75, 3.05) is 13.1 Å². The second kappa shape index (κ2) is 5.85. The quantitative estimate of drug-likeness (QED) is 0.782. The lowest BCUT2D eigenvalue weighted by molar-refractivity contribution is 0.0747. The molecule has 2 N–H and O–H groups in total. The van der Waals surface area contributed by atoms with Crippen molar-refractivity contribution in [3.63, 3.8) is 0 Å². The van der Waals surface area contributed by atoms with Gasteiger partial charge in [-0.2, -0.15) is 0 Å². The molecule has 0 radical (unpaired) electrons. The van der Waals surface area contributed by atoms with Crippen molar-refractivity contribution in [1.82, 2.24) is 4.90 Å². The van der Waals surface area contributed by atoms with E-state index in [-0.39, 0.29) is 18.5 Å². The van der Waals surface area contributed by atoms with Crippen molar-refractivity contribution >= 4 is 5.91 Å². The molecule has 1 amide bonds. The normalized spacial score (nSPS) is 18.1. The molecule has 1 unspecified atom stereocenters. The van der Waals surface area contributed by atoms with Crippen LogP contribution in [0.2, 0.25) is 0 Å². The summed E-state index contributed by atoms with van der Waals surface area (Å²) in [6, 6.07) is 4.31. The molecule has 19 heavy (non-hydrogen) atoms. The Labute approximate surface area is 112 Å². The van der Waals surface area contributed by atoms with Gasteiger partial charge in [0.1, 0.15) is 5.82 Å². The van der Waals surface area contributed by atoms with Gasteiger partial charge >= 0.3 is 0 Å². The minimum absolute atomic E-state index is 0.0775. The van der Waals surface area contributed by atoms with Gasteiger partial charge in [-0.05, 0) is 38.0 Å². The first kappa shape index (κ1) is 13.6. The Morgan fingerprint density at radius 2 is 2.37 bits per heavy atom. The van der Waals surface area contributed by atoms with Crippen LogP contribution < -0.4 is 5.73 Å². The van der Waals surface area contributed by atoms with Crippen molar-refractivity contribution in [3.8, 4) is 11.8 Å². The summed E-state index contributed by atoms with van der Waals surface area (Å²) < 4.78 is 13.3. The number of nitrogens with two attached hydrogens (primary N) is 1. The van der Waals surface area contributed by atoms with E-state index < -0.39 is 5.82 Å². The summed E-state index contributed by atoms with van der Waals surface area (Å²) in [7, 11) is 0. The van der Waals surface area contributed by atoms with Gasteiger partial charge < -0.3 is 10.6 Å². The molecule has 1 aliphatic rings. The number of amides is 1. The lowest BCUT2D eigenvalue weighted by Crippen LogP contribution is -2.34. The molecule has 0 bridgehead atoms. The molecular formula is C15H17FN2O. The fourth-order valence-corrected chi connectivity index (χ4v) is 2.34. The van der Waals surface area contributed by atoms with Crippen molar-refractivity contribution in [2.45, 2.75) is 25.8 Å². The van der Waals surface area contributed by atoms with E-state index in [4.69, 9.17) is 5.73 Å². The van der Waals surface area contributed by atoms with Gasteiger partial charge in [-0.1, -0.05) is 11.8 Å². The second-order valence-electron chi connectivity index (χ2n) is 4.69. The first-order valence-electron chi connectivity index (χ1n) is 6.43. The average molecular weight is 260 g/mol. The van der Waals surface area contributed by atoms with Gasteiger partial charge in [0.05, 0.1) is 12.1 Å². The van der Waals surface area contributed by atoms with Gasteiger partial charge in [-0.3, -0.25) is 4.79 Å². The van der Waals surface area contributed by atoms with E-state index in [0.29, 0.717) is 11.1 Å². The largest absolute Gasteiger partial charge is 0.336 e. The zero-order valence-electron chi connectivity index (χ0n) is 10.9. The van der Waals surface area contributed by atoms with Crippen LogP contribution in [0.3, 0.4) is 0 Å². The molecule has 0 aromatic heterocycles. The third-order valence-corrected chi connectivity index (χ3v) is 3.35. The predicted octanol–water partition coefficient (Wildman–Crippen LogP) is 1.76. The van der Waals surface area contributed by atoms with Crippen LogP contribution in [0.1, 0.15) is 35.7 Å². The molecule has 4 heteroatoms. The first-order valence-corrected chi connectivity index (χ1v) is 6.43. The van der Waals surface area contributed by atoms with Gasteiger partial charge in [0.15, 0.2) is 0 Å². The van der Waals surface area contributed by atoms with E-state index in [1.165, 1.54) is 18.2 Å². The number of carbonyl (C=O) groups excluding carboxylic acids is 1. The number of benzene rings is 1. The van der Waals surface area contributed by atoms with Crippen LogP contribution in [0.15, 0.2) is 18.2 Å². The number of rotatable bonds is 1. The highest BCUT2D eigenvalue weighted by Crippen LogP contribution is 2.21. The minimum Gasteiger partial charge on any atom is -0.336 e. The van der Waals surface area contributed by atoms with Gasteiger partial charge in [-0.25, -0.2) is 4.39 Å². The first-order chi connectivity index (χ1) is 9.13. The van der Waals surface area contributed by atoms with Gasteiger partial charge in [-0.15, -0.1) is 0 Å². The fourth-order valence-electron chi connectivity index (χ4n) is 2.34. The highest BCUT2D eigenvalue weighted by molar-refractivity contribution is 5.97. The van der Waals surface area contributed by atoms with Gasteiger partial charge in [0.25, 0.3) is 5.91 Å². The zero-order chi connectivity index (χ0) is 13.8. The maximum Gasteiger partial charge on any atom is 0.255 e. The van der Waals surface area contributed by atoms with Crippen molar-refractivity contribution in [2.24, 2.45) is 5.73 Å². The molecule has 100 valence electrons. The van der Waals surface area contributed by atoms with Crippen LogP contribution in [0.25, 0.3) is 0 Å². The number of hydrogen-bond acceptors (Lipinski definition) is 2. The monoisotopic (exact) mass is 260 g/mol. The van der Waals surface area contributed by atoms with Crippen LogP contribution in [0.4, 0.5) is 4.39 Å². The standard InChI is InChI=1S/C15H17FN2O/c1-11-4-3-9-18(11)15(19)14-7-6-13(16)10-12(14)5-2-8-17/h6-7,10-11H,3-4,8-9,17H2,1H3. The third kappa shape index (κ3) is 2.94. The topological polar surface area (TPSA) is 46.3 Å². The summed E-state index contributed by atoms with van der Waals surface area (Å²) in [5.74, 6) is 4.97. The molecule has 3 nitrogen and oxygen atoms in total. The summed E-state index contributed by atoms with van der Waals surface area (Å²) in [4.78, 5) is 14.3. The molecule has 0 aliphatic carbocycles. The summed E-state index contributed by atoms with van der Waals surface area (Å²) in [5.41, 5.74) is 6.19. The van der Waals surface area contributed by atoms with Crippen LogP contribution in [-0.2, 0) is 0 Å². The van der Waals surface area contributed by atoms with Crippen LogP contribution >= 0.6 is 0 Å². The van der Waals surface area contributed by atoms with E-state index in [1.807, 2.05) is 11.8 Å². The Morgan fingerprint density at radius 3 is 3.00 bits per heavy atom. The maximum atomic E-state index is 13.3. The number of carbonyl (C=O) groups is 1. The van der Waals surface area contributed by atoms with Crippen molar-refractivity contribution in [1.29, 1.82) is 0 Å². The van der Waals surface area contributed by atoms with E-state index >= 15 is 0 Å². The summed E-state index contributed by atoms with van der Waals surface area (Å²) in [5, 5.41) is 0. The Balaban J connectivity index is 2.35. The molecule has 1 aliphatic heterocycles. The average Bonchev–Trinajstić information content (AvgIpc) is 2.82. The lowest BCUT2D eigenvalue weighted by atomic mass is 10.1. The number of likely N-dealkylation sites (tertiary alicyclic amines) is 1. The summed E-state index contributed by atoms with van der Waals surface area (Å²) in [6.45, 7) is 2.96. The molecule has 1 fully saturated rings. The zero-order valence-corrected chi connectivity index (χ0v) is 10.9. The van der Waals surface area contributed by atoms with E-state index in [0.717, 1.165) is 19.4 Å². The fraction of sp³-hybridized carbons (Fsp3) is 0.400. The molecule has 1 aromatic carbocycles. The minimum atomic E-state index is -0.396. The number of nitrogens with zero attached hydrogens (tertiary/aromatic N) is 1. The SMILES string of the molecule is CC1CCCN1C(=O)c1ccc(F)cc1C#CCN. The van der Waals surface area contributed by atoms with Crippen LogP contribution in [0, 0.1) is 17.7 Å². The molecule has 1 heterocycles. The van der Waals surface area contributed by atoms with Crippen molar-refractivity contribution in [3.05, 3.63) is 35.1 Å². The van der Waals surface area contributed by atoms with Crippen molar-refractivity contribution < 1.29 is 9.18 Å². The van der Waals surface area contributed by atoms with Gasteiger partial charge in [0.2, 0.25) is 0 Å². The molecule has 1 saturated heterocycles. The van der Waals surface area contributed by atoms with Crippen LogP contribution in [-0.4, -0.2) is 29.9 Å². The lowest BCUT2D eigenvalue weighted by Gasteiger charge is -2.22. The molecule has 1 aromatic rings. The van der Waals surface area contributed by atoms with Gasteiger partial charge in [0, 0.05) is 18.2 Å². The third-order valence-electron chi connectivity index (χ3n) is 3.35. The second-order valence-corrected chi connectivity index (χ2v) is 4.69. The Morgan fingerprint density at radius 1 is 1.58 bits per heavy atom. The number of hydrogen-bond donors (Lipinski definition) is 1. The molecule has 1 atom stereocenters. The molecule has 2 rings (SSSR count). The maximum absolute atomic E-state index is 13.3. The molecule has 0 saturated carbocycles. The van der Waals surface area contributed by atoms with E-state index in [9.17, 15) is 9.18 Å². The Kier molecular flexibility index (Phi) is 4.18. The Bertz CT molecular complexity index is 545. The number of halogens is 1. The Hall–Kier alpha value is -1.86. The highest BCUT2D eigenvalue weighted by atomic mass is 19.1. The molecule has 0 spiro atoms. The summed E-state index contributed by atoms with van der Waals surface area (Å²) >= 11 is 0. The van der Waals surface area contributed by atoms with E-state index in [1.54, 1.807) is 0 Å².